The van der Waals surface area contributed by atoms with Gasteiger partial charge < -0.3 is 9.80 Å². The number of unbranched alkanes of at least 4 members (excludes halogenated alkanes) is 6. The van der Waals surface area contributed by atoms with Crippen molar-refractivity contribution in [2.75, 3.05) is 37.7 Å². The largest absolute Gasteiger partial charge is 0.342 e. The van der Waals surface area contributed by atoms with Gasteiger partial charge in [0, 0.05) is 39.0 Å². The summed E-state index contributed by atoms with van der Waals surface area (Å²) in [6.07, 6.45) is 7.67. The highest BCUT2D eigenvalue weighted by molar-refractivity contribution is 7.86. The van der Waals surface area contributed by atoms with Crippen LogP contribution in [-0.4, -0.2) is 85.2 Å². The molecule has 0 aliphatic heterocycles. The number of amides is 2. The quantitative estimate of drug-likeness (QED) is 0.186. The molecule has 0 spiro atoms. The van der Waals surface area contributed by atoms with Crippen LogP contribution in [0.1, 0.15) is 84.5 Å². The van der Waals surface area contributed by atoms with Gasteiger partial charge in [0.05, 0.1) is 11.5 Å². The summed E-state index contributed by atoms with van der Waals surface area (Å²) in [5, 5.41) is 0. The molecule has 0 rings (SSSR count). The Labute approximate surface area is 199 Å². The molecule has 0 aliphatic carbocycles. The van der Waals surface area contributed by atoms with Crippen molar-refractivity contribution in [3.8, 4) is 0 Å². The number of carbonyl (C=O) groups is 2. The molecule has 0 aromatic carbocycles. The average molecular weight is 515 g/mol. The summed E-state index contributed by atoms with van der Waals surface area (Å²) in [5.74, 6) is -1.63. The molecule has 196 valence electrons. The van der Waals surface area contributed by atoms with Crippen molar-refractivity contribution in [2.24, 2.45) is 0 Å². The molecular weight excluding hydrogens is 472 g/mol. The Morgan fingerprint density at radius 1 is 0.576 bits per heavy atom. The fourth-order valence-corrected chi connectivity index (χ4v) is 4.24. The molecule has 0 aliphatic rings. The maximum absolute atomic E-state index is 12.6. The molecule has 0 atom stereocenters. The maximum Gasteiger partial charge on any atom is 0.266 e. The van der Waals surface area contributed by atoms with Gasteiger partial charge in [-0.1, -0.05) is 52.4 Å². The second kappa shape index (κ2) is 17.2. The molecule has 0 fully saturated rings. The van der Waals surface area contributed by atoms with Crippen LogP contribution in [0.2, 0.25) is 0 Å². The Hall–Kier alpha value is -1.24. The zero-order chi connectivity index (χ0) is 25.3. The minimum Gasteiger partial charge on any atom is -0.342 e. The van der Waals surface area contributed by atoms with E-state index in [4.69, 9.17) is 9.11 Å². The first-order valence-electron chi connectivity index (χ1n) is 11.9. The monoisotopic (exact) mass is 514 g/mol. The van der Waals surface area contributed by atoms with Crippen LogP contribution in [0.15, 0.2) is 0 Å². The van der Waals surface area contributed by atoms with Crippen LogP contribution < -0.4 is 0 Å². The molecule has 0 saturated carbocycles. The molecule has 0 radical (unpaired) electrons. The first kappa shape index (κ1) is 31.8. The number of hydrogen-bond donors (Lipinski definition) is 2. The van der Waals surface area contributed by atoms with E-state index in [-0.39, 0.29) is 44.2 Å². The third-order valence-electron chi connectivity index (χ3n) is 5.29. The van der Waals surface area contributed by atoms with E-state index in [1.165, 1.54) is 9.80 Å². The zero-order valence-corrected chi connectivity index (χ0v) is 21.7. The van der Waals surface area contributed by atoms with Crippen LogP contribution in [-0.2, 0) is 29.8 Å². The van der Waals surface area contributed by atoms with Gasteiger partial charge in [-0.2, -0.15) is 16.8 Å². The summed E-state index contributed by atoms with van der Waals surface area (Å²) in [5.41, 5.74) is 0. The summed E-state index contributed by atoms with van der Waals surface area (Å²) >= 11 is 0. The van der Waals surface area contributed by atoms with Crippen LogP contribution in [0.25, 0.3) is 0 Å². The fourth-order valence-electron chi connectivity index (χ4n) is 3.34. The molecule has 0 unspecified atom stereocenters. The molecule has 0 bridgehead atoms. The first-order chi connectivity index (χ1) is 15.4. The lowest BCUT2D eigenvalue weighted by Crippen LogP contribution is -2.37. The third-order valence-corrected chi connectivity index (χ3v) is 6.69. The van der Waals surface area contributed by atoms with Gasteiger partial charge in [0.15, 0.2) is 0 Å². The van der Waals surface area contributed by atoms with Crippen molar-refractivity contribution in [1.82, 2.24) is 9.80 Å². The van der Waals surface area contributed by atoms with Crippen LogP contribution >= 0.6 is 0 Å². The van der Waals surface area contributed by atoms with Gasteiger partial charge in [0.1, 0.15) is 0 Å². The summed E-state index contributed by atoms with van der Waals surface area (Å²) in [6.45, 7) is 4.69. The van der Waals surface area contributed by atoms with Gasteiger partial charge in [-0.25, -0.2) is 0 Å². The normalized spacial score (nSPS) is 12.0. The van der Waals surface area contributed by atoms with E-state index in [2.05, 4.69) is 13.8 Å². The van der Waals surface area contributed by atoms with Gasteiger partial charge in [-0.3, -0.25) is 18.7 Å². The van der Waals surface area contributed by atoms with E-state index in [0.717, 1.165) is 51.4 Å². The van der Waals surface area contributed by atoms with Crippen molar-refractivity contribution in [3.63, 3.8) is 0 Å². The molecule has 33 heavy (non-hydrogen) atoms. The number of hydrogen-bond acceptors (Lipinski definition) is 6. The van der Waals surface area contributed by atoms with E-state index < -0.39 is 31.7 Å². The number of nitrogens with zero attached hydrogens (tertiary/aromatic N) is 2. The predicted octanol–water partition coefficient (Wildman–Crippen LogP) is 2.75. The van der Waals surface area contributed by atoms with Crippen LogP contribution in [0.4, 0.5) is 0 Å². The summed E-state index contributed by atoms with van der Waals surface area (Å²) in [6, 6.07) is 0. The smallest absolute Gasteiger partial charge is 0.266 e. The molecule has 0 saturated heterocycles. The lowest BCUT2D eigenvalue weighted by Gasteiger charge is -2.24. The van der Waals surface area contributed by atoms with Crippen LogP contribution in [0.5, 0.6) is 0 Å². The maximum atomic E-state index is 12.6. The minimum atomic E-state index is -4.19. The Kier molecular flexibility index (Phi) is 16.6. The van der Waals surface area contributed by atoms with Crippen molar-refractivity contribution in [2.45, 2.75) is 84.5 Å². The molecule has 2 N–H and O–H groups in total. The first-order valence-corrected chi connectivity index (χ1v) is 15.1. The second-order valence-electron chi connectivity index (χ2n) is 8.31. The highest BCUT2D eigenvalue weighted by atomic mass is 32.2. The molecule has 0 aromatic heterocycles. The topological polar surface area (TPSA) is 149 Å². The minimum absolute atomic E-state index is 0.0486. The molecule has 0 heterocycles. The van der Waals surface area contributed by atoms with E-state index in [9.17, 15) is 26.4 Å². The Morgan fingerprint density at radius 2 is 0.939 bits per heavy atom. The SMILES string of the molecule is CCCCCCN(CCS(=O)(=O)O)C(=O)CCCC(=O)N(CCCCCC)CCS(=O)(=O)O. The summed E-state index contributed by atoms with van der Waals surface area (Å²) < 4.78 is 62.3. The fraction of sp³-hybridized carbons (Fsp3) is 0.905. The standard InChI is InChI=1S/C21H42N2O8S2/c1-3-5-7-9-14-22(16-18-32(26,27)28)20(24)12-11-13-21(25)23(15-10-8-6-4-2)17-19-33(29,30)31/h3-19H2,1-2H3,(H,26,27,28)(H,29,30,31). The molecule has 0 aromatic rings. The molecule has 10 nitrogen and oxygen atoms in total. The van der Waals surface area contributed by atoms with Crippen molar-refractivity contribution >= 4 is 32.1 Å². The average Bonchev–Trinajstić information content (AvgIpc) is 2.71. The van der Waals surface area contributed by atoms with Gasteiger partial charge in [-0.05, 0) is 19.3 Å². The third kappa shape index (κ3) is 18.8. The zero-order valence-electron chi connectivity index (χ0n) is 20.1. The molecule has 2 amide bonds. The summed E-state index contributed by atoms with van der Waals surface area (Å²) in [7, 11) is -8.38. The van der Waals surface area contributed by atoms with E-state index in [0.29, 0.717) is 13.1 Å². The lowest BCUT2D eigenvalue weighted by atomic mass is 10.1. The second-order valence-corrected chi connectivity index (χ2v) is 11.5. The number of carbonyl (C=O) groups excluding carboxylic acids is 2. The highest BCUT2D eigenvalue weighted by Crippen LogP contribution is 2.09. The van der Waals surface area contributed by atoms with Gasteiger partial charge >= 0.3 is 0 Å². The van der Waals surface area contributed by atoms with E-state index in [1.807, 2.05) is 0 Å². The van der Waals surface area contributed by atoms with Gasteiger partial charge in [-0.15, -0.1) is 0 Å². The van der Waals surface area contributed by atoms with Crippen molar-refractivity contribution < 1.29 is 35.5 Å². The summed E-state index contributed by atoms with van der Waals surface area (Å²) in [4.78, 5) is 28.0. The Bertz CT molecular complexity index is 705. The van der Waals surface area contributed by atoms with E-state index >= 15 is 0 Å². The van der Waals surface area contributed by atoms with Crippen LogP contribution in [0, 0.1) is 0 Å². The highest BCUT2D eigenvalue weighted by Gasteiger charge is 2.19. The van der Waals surface area contributed by atoms with Crippen molar-refractivity contribution in [1.29, 1.82) is 0 Å². The molecule has 12 heteroatoms. The molecular formula is C21H42N2O8S2. The van der Waals surface area contributed by atoms with E-state index in [1.54, 1.807) is 0 Å². The Morgan fingerprint density at radius 3 is 1.24 bits per heavy atom. The number of rotatable bonds is 20. The Balaban J connectivity index is 4.78. The van der Waals surface area contributed by atoms with Crippen molar-refractivity contribution in [3.05, 3.63) is 0 Å². The van der Waals surface area contributed by atoms with Gasteiger partial charge in [0.25, 0.3) is 20.2 Å². The lowest BCUT2D eigenvalue weighted by molar-refractivity contribution is -0.132. The predicted molar refractivity (Wildman–Crippen MR) is 128 cm³/mol. The van der Waals surface area contributed by atoms with Gasteiger partial charge in [0.2, 0.25) is 11.8 Å². The van der Waals surface area contributed by atoms with Crippen LogP contribution in [0.3, 0.4) is 0 Å².